The Hall–Kier alpha value is -0.860. The van der Waals surface area contributed by atoms with Gasteiger partial charge in [-0.05, 0) is 31.0 Å². The van der Waals surface area contributed by atoms with E-state index >= 15 is 0 Å². The van der Waals surface area contributed by atoms with E-state index in [-0.39, 0.29) is 0 Å². The van der Waals surface area contributed by atoms with E-state index in [4.69, 9.17) is 0 Å². The summed E-state index contributed by atoms with van der Waals surface area (Å²) in [4.78, 5) is 2.41. The van der Waals surface area contributed by atoms with Crippen molar-refractivity contribution in [1.82, 2.24) is 10.2 Å². The minimum absolute atomic E-state index is 0.292. The summed E-state index contributed by atoms with van der Waals surface area (Å²) in [5.74, 6) is 0. The normalized spacial score (nSPS) is 13.8. The molecule has 0 heterocycles. The molecule has 2 heteroatoms. The van der Waals surface area contributed by atoms with Crippen LogP contribution < -0.4 is 5.32 Å². The molecule has 0 amide bonds. The Balaban J connectivity index is 2.53. The van der Waals surface area contributed by atoms with Crippen molar-refractivity contribution in [2.75, 3.05) is 20.1 Å². The summed E-state index contributed by atoms with van der Waals surface area (Å²) < 4.78 is 0. The second-order valence-electron chi connectivity index (χ2n) is 6.56. The largest absolute Gasteiger partial charge is 0.312 e. The van der Waals surface area contributed by atoms with Crippen molar-refractivity contribution in [2.45, 2.75) is 46.7 Å². The number of hydrogen-bond donors (Lipinski definition) is 1. The highest BCUT2D eigenvalue weighted by molar-refractivity contribution is 5.14. The summed E-state index contributed by atoms with van der Waals surface area (Å²) in [6.07, 6.45) is 1.19. The molecule has 0 bridgehead atoms. The van der Waals surface area contributed by atoms with Crippen LogP contribution in [0, 0.1) is 5.41 Å². The number of benzene rings is 1. The first-order valence-corrected chi connectivity index (χ1v) is 7.39. The standard InChI is InChI=1S/C17H30N2/c1-6-12-18-16(17(2,3)4)14-19(5)13-15-10-8-7-9-11-15/h7-11,16,18H,6,12-14H2,1-5H3. The van der Waals surface area contributed by atoms with Crippen molar-refractivity contribution in [3.05, 3.63) is 35.9 Å². The fourth-order valence-electron chi connectivity index (χ4n) is 2.23. The van der Waals surface area contributed by atoms with Gasteiger partial charge in [0, 0.05) is 19.1 Å². The summed E-state index contributed by atoms with van der Waals surface area (Å²) in [6, 6.07) is 11.2. The summed E-state index contributed by atoms with van der Waals surface area (Å²) in [5.41, 5.74) is 1.67. The molecule has 0 fully saturated rings. The van der Waals surface area contributed by atoms with E-state index in [2.05, 4.69) is 75.3 Å². The molecule has 0 aliphatic rings. The SMILES string of the molecule is CCCNC(CN(C)Cc1ccccc1)C(C)(C)C. The van der Waals surface area contributed by atoms with Crippen molar-refractivity contribution >= 4 is 0 Å². The van der Waals surface area contributed by atoms with Crippen LogP contribution in [-0.4, -0.2) is 31.1 Å². The topological polar surface area (TPSA) is 15.3 Å². The molecule has 1 aromatic carbocycles. The Kier molecular flexibility index (Phi) is 6.53. The van der Waals surface area contributed by atoms with E-state index in [1.54, 1.807) is 0 Å². The number of likely N-dealkylation sites (N-methyl/N-ethyl adjacent to an activating group) is 1. The predicted octanol–water partition coefficient (Wildman–Crippen LogP) is 3.53. The van der Waals surface area contributed by atoms with Crippen LogP contribution in [0.5, 0.6) is 0 Å². The molecular weight excluding hydrogens is 232 g/mol. The molecule has 1 N–H and O–H groups in total. The van der Waals surface area contributed by atoms with Crippen molar-refractivity contribution in [1.29, 1.82) is 0 Å². The Morgan fingerprint density at radius 1 is 1.16 bits per heavy atom. The Bertz CT molecular complexity index is 340. The Morgan fingerprint density at radius 2 is 1.79 bits per heavy atom. The third kappa shape index (κ3) is 6.22. The average molecular weight is 262 g/mol. The second kappa shape index (κ2) is 7.66. The molecule has 1 rings (SSSR count). The van der Waals surface area contributed by atoms with Crippen LogP contribution in [0.2, 0.25) is 0 Å². The van der Waals surface area contributed by atoms with Gasteiger partial charge in [-0.3, -0.25) is 0 Å². The lowest BCUT2D eigenvalue weighted by molar-refractivity contribution is 0.190. The maximum atomic E-state index is 3.68. The molecule has 0 saturated heterocycles. The maximum absolute atomic E-state index is 3.68. The van der Waals surface area contributed by atoms with Gasteiger partial charge >= 0.3 is 0 Å². The molecule has 0 aliphatic heterocycles. The van der Waals surface area contributed by atoms with Crippen molar-refractivity contribution < 1.29 is 0 Å². The second-order valence-corrected chi connectivity index (χ2v) is 6.56. The lowest BCUT2D eigenvalue weighted by Crippen LogP contribution is -2.47. The van der Waals surface area contributed by atoms with Crippen molar-refractivity contribution in [3.63, 3.8) is 0 Å². The molecule has 0 aromatic heterocycles. The van der Waals surface area contributed by atoms with Gasteiger partial charge in [-0.25, -0.2) is 0 Å². The number of hydrogen-bond acceptors (Lipinski definition) is 2. The van der Waals surface area contributed by atoms with Crippen LogP contribution in [-0.2, 0) is 6.54 Å². The molecule has 0 spiro atoms. The third-order valence-corrected chi connectivity index (χ3v) is 3.48. The smallest absolute Gasteiger partial charge is 0.0243 e. The van der Waals surface area contributed by atoms with Crippen LogP contribution in [0.4, 0.5) is 0 Å². The molecule has 0 saturated carbocycles. The van der Waals surface area contributed by atoms with Crippen LogP contribution in [0.25, 0.3) is 0 Å². The molecule has 2 nitrogen and oxygen atoms in total. The number of rotatable bonds is 7. The zero-order valence-electron chi connectivity index (χ0n) is 13.2. The van der Waals surface area contributed by atoms with Gasteiger partial charge in [0.25, 0.3) is 0 Å². The van der Waals surface area contributed by atoms with Gasteiger partial charge in [0.1, 0.15) is 0 Å². The molecule has 0 aliphatic carbocycles. The van der Waals surface area contributed by atoms with Gasteiger partial charge in [0.2, 0.25) is 0 Å². The van der Waals surface area contributed by atoms with Crippen LogP contribution in [0.15, 0.2) is 30.3 Å². The van der Waals surface area contributed by atoms with Crippen LogP contribution in [0.1, 0.15) is 39.7 Å². The van der Waals surface area contributed by atoms with E-state index in [1.165, 1.54) is 12.0 Å². The summed E-state index contributed by atoms with van der Waals surface area (Å²) >= 11 is 0. The van der Waals surface area contributed by atoms with Gasteiger partial charge in [0.15, 0.2) is 0 Å². The summed E-state index contributed by atoms with van der Waals surface area (Å²) in [6.45, 7) is 12.4. The van der Waals surface area contributed by atoms with Crippen molar-refractivity contribution in [3.8, 4) is 0 Å². The minimum Gasteiger partial charge on any atom is -0.312 e. The van der Waals surface area contributed by atoms with Crippen LogP contribution in [0.3, 0.4) is 0 Å². The van der Waals surface area contributed by atoms with Gasteiger partial charge in [0.05, 0.1) is 0 Å². The lowest BCUT2D eigenvalue weighted by Gasteiger charge is -2.35. The number of nitrogens with one attached hydrogen (secondary N) is 1. The first-order valence-electron chi connectivity index (χ1n) is 7.39. The van der Waals surface area contributed by atoms with Gasteiger partial charge in [-0.1, -0.05) is 58.0 Å². The number of nitrogens with zero attached hydrogens (tertiary/aromatic N) is 1. The predicted molar refractivity (Wildman–Crippen MR) is 84.3 cm³/mol. The first kappa shape index (κ1) is 16.2. The lowest BCUT2D eigenvalue weighted by atomic mass is 9.86. The highest BCUT2D eigenvalue weighted by Crippen LogP contribution is 2.20. The van der Waals surface area contributed by atoms with E-state index in [0.717, 1.165) is 19.6 Å². The highest BCUT2D eigenvalue weighted by Gasteiger charge is 2.24. The highest BCUT2D eigenvalue weighted by atomic mass is 15.1. The fraction of sp³-hybridized carbons (Fsp3) is 0.647. The van der Waals surface area contributed by atoms with E-state index in [0.29, 0.717) is 11.5 Å². The van der Waals surface area contributed by atoms with Gasteiger partial charge in [-0.2, -0.15) is 0 Å². The third-order valence-electron chi connectivity index (χ3n) is 3.48. The van der Waals surface area contributed by atoms with Gasteiger partial charge in [-0.15, -0.1) is 0 Å². The quantitative estimate of drug-likeness (QED) is 0.808. The fourth-order valence-corrected chi connectivity index (χ4v) is 2.23. The van der Waals surface area contributed by atoms with Crippen molar-refractivity contribution in [2.24, 2.45) is 5.41 Å². The van der Waals surface area contributed by atoms with E-state index in [9.17, 15) is 0 Å². The molecule has 1 atom stereocenters. The summed E-state index contributed by atoms with van der Waals surface area (Å²) in [7, 11) is 2.21. The average Bonchev–Trinajstić information content (AvgIpc) is 2.34. The Labute approximate surface area is 119 Å². The molecule has 19 heavy (non-hydrogen) atoms. The zero-order valence-corrected chi connectivity index (χ0v) is 13.2. The first-order chi connectivity index (χ1) is 8.93. The molecule has 1 aromatic rings. The molecule has 108 valence electrons. The molecule has 0 radical (unpaired) electrons. The minimum atomic E-state index is 0.292. The monoisotopic (exact) mass is 262 g/mol. The zero-order chi connectivity index (χ0) is 14.3. The van der Waals surface area contributed by atoms with Crippen LogP contribution >= 0.6 is 0 Å². The molecule has 1 unspecified atom stereocenters. The Morgan fingerprint density at radius 3 is 2.32 bits per heavy atom. The maximum Gasteiger partial charge on any atom is 0.0243 e. The molecular formula is C17H30N2. The summed E-state index contributed by atoms with van der Waals surface area (Å²) in [5, 5.41) is 3.68. The van der Waals surface area contributed by atoms with Gasteiger partial charge < -0.3 is 10.2 Å². The van der Waals surface area contributed by atoms with E-state index < -0.39 is 0 Å². The van der Waals surface area contributed by atoms with E-state index in [1.807, 2.05) is 0 Å².